The zero-order valence-corrected chi connectivity index (χ0v) is 11.5. The Morgan fingerprint density at radius 3 is 2.72 bits per heavy atom. The minimum absolute atomic E-state index is 0.0332. The van der Waals surface area contributed by atoms with Crippen molar-refractivity contribution in [3.8, 4) is 0 Å². The molecule has 0 aromatic rings. The van der Waals surface area contributed by atoms with Gasteiger partial charge < -0.3 is 15.1 Å². The van der Waals surface area contributed by atoms with Crippen molar-refractivity contribution in [1.82, 2.24) is 15.1 Å². The fourth-order valence-corrected chi connectivity index (χ4v) is 2.88. The van der Waals surface area contributed by atoms with E-state index in [4.69, 9.17) is 0 Å². The molecule has 0 aromatic carbocycles. The number of amides is 2. The molecule has 2 aliphatic heterocycles. The van der Waals surface area contributed by atoms with Crippen LogP contribution in [-0.4, -0.2) is 60.4 Å². The van der Waals surface area contributed by atoms with Gasteiger partial charge in [-0.05, 0) is 33.2 Å². The summed E-state index contributed by atoms with van der Waals surface area (Å²) in [5, 5.41) is 3.26. The van der Waals surface area contributed by atoms with Gasteiger partial charge in [0.2, 0.25) is 11.8 Å². The Balaban J connectivity index is 2.11. The molecule has 5 heteroatoms. The van der Waals surface area contributed by atoms with E-state index in [1.165, 1.54) is 0 Å². The number of rotatable bonds is 1. The molecular formula is C13H23N3O2. The lowest BCUT2D eigenvalue weighted by atomic mass is 9.92. The maximum Gasteiger partial charge on any atom is 0.247 e. The molecule has 2 fully saturated rings. The van der Waals surface area contributed by atoms with Gasteiger partial charge in [-0.3, -0.25) is 9.59 Å². The SMILES string of the molecule is CN1CCN(C(=O)C2CCCNC2)C(C)(C)C1=O. The highest BCUT2D eigenvalue weighted by molar-refractivity contribution is 5.92. The quantitative estimate of drug-likeness (QED) is 0.719. The van der Waals surface area contributed by atoms with Gasteiger partial charge in [0.25, 0.3) is 0 Å². The van der Waals surface area contributed by atoms with E-state index in [-0.39, 0.29) is 17.7 Å². The van der Waals surface area contributed by atoms with Gasteiger partial charge >= 0.3 is 0 Å². The van der Waals surface area contributed by atoms with Gasteiger partial charge in [-0.25, -0.2) is 0 Å². The second kappa shape index (κ2) is 4.88. The molecule has 0 aromatic heterocycles. The molecule has 2 rings (SSSR count). The van der Waals surface area contributed by atoms with E-state index in [2.05, 4.69) is 5.32 Å². The Kier molecular flexibility index (Phi) is 3.61. The van der Waals surface area contributed by atoms with Crippen molar-refractivity contribution in [1.29, 1.82) is 0 Å². The summed E-state index contributed by atoms with van der Waals surface area (Å²) in [7, 11) is 1.80. The predicted molar refractivity (Wildman–Crippen MR) is 69.0 cm³/mol. The van der Waals surface area contributed by atoms with Crippen LogP contribution in [0.4, 0.5) is 0 Å². The maximum atomic E-state index is 12.5. The first kappa shape index (κ1) is 13.3. The zero-order valence-electron chi connectivity index (χ0n) is 11.5. The molecule has 0 bridgehead atoms. The van der Waals surface area contributed by atoms with Crippen molar-refractivity contribution >= 4 is 11.8 Å². The molecule has 1 atom stereocenters. The Hall–Kier alpha value is -1.10. The van der Waals surface area contributed by atoms with Crippen LogP contribution in [0, 0.1) is 5.92 Å². The van der Waals surface area contributed by atoms with Crippen LogP contribution < -0.4 is 5.32 Å². The highest BCUT2D eigenvalue weighted by atomic mass is 16.2. The van der Waals surface area contributed by atoms with Gasteiger partial charge in [-0.15, -0.1) is 0 Å². The van der Waals surface area contributed by atoms with Crippen molar-refractivity contribution in [3.05, 3.63) is 0 Å². The van der Waals surface area contributed by atoms with Gasteiger partial charge in [0.1, 0.15) is 5.54 Å². The first-order valence-electron chi connectivity index (χ1n) is 6.72. The van der Waals surface area contributed by atoms with E-state index in [0.717, 1.165) is 25.9 Å². The zero-order chi connectivity index (χ0) is 13.3. The second-order valence-corrected chi connectivity index (χ2v) is 5.82. The standard InChI is InChI=1S/C13H23N3O2/c1-13(2)12(18)15(3)7-8-16(13)11(17)10-5-4-6-14-9-10/h10,14H,4-9H2,1-3H3. The summed E-state index contributed by atoms with van der Waals surface area (Å²) in [5.74, 6) is 0.203. The van der Waals surface area contributed by atoms with E-state index in [0.29, 0.717) is 13.1 Å². The van der Waals surface area contributed by atoms with E-state index in [9.17, 15) is 9.59 Å². The normalized spacial score (nSPS) is 28.4. The van der Waals surface area contributed by atoms with Gasteiger partial charge in [0, 0.05) is 26.7 Å². The molecule has 0 spiro atoms. The third kappa shape index (κ3) is 2.23. The van der Waals surface area contributed by atoms with E-state index >= 15 is 0 Å². The minimum atomic E-state index is -0.707. The number of nitrogens with one attached hydrogen (secondary N) is 1. The molecule has 0 saturated carbocycles. The summed E-state index contributed by atoms with van der Waals surface area (Å²) in [6, 6.07) is 0. The Morgan fingerprint density at radius 1 is 1.39 bits per heavy atom. The van der Waals surface area contributed by atoms with Crippen LogP contribution >= 0.6 is 0 Å². The number of hydrogen-bond donors (Lipinski definition) is 1. The topological polar surface area (TPSA) is 52.6 Å². The molecule has 102 valence electrons. The molecule has 1 unspecified atom stereocenters. The molecular weight excluding hydrogens is 230 g/mol. The molecule has 5 nitrogen and oxygen atoms in total. The summed E-state index contributed by atoms with van der Waals surface area (Å²) in [6.07, 6.45) is 1.97. The Labute approximate surface area is 108 Å². The number of likely N-dealkylation sites (N-methyl/N-ethyl adjacent to an activating group) is 1. The number of carbonyl (C=O) groups is 2. The van der Waals surface area contributed by atoms with Crippen LogP contribution in [0.15, 0.2) is 0 Å². The van der Waals surface area contributed by atoms with Gasteiger partial charge in [-0.1, -0.05) is 0 Å². The monoisotopic (exact) mass is 253 g/mol. The average molecular weight is 253 g/mol. The third-order valence-corrected chi connectivity index (χ3v) is 4.12. The van der Waals surface area contributed by atoms with Crippen LogP contribution in [0.5, 0.6) is 0 Å². The second-order valence-electron chi connectivity index (χ2n) is 5.82. The van der Waals surface area contributed by atoms with Crippen LogP contribution in [0.2, 0.25) is 0 Å². The first-order chi connectivity index (χ1) is 8.44. The van der Waals surface area contributed by atoms with Crippen LogP contribution in [0.1, 0.15) is 26.7 Å². The molecule has 2 amide bonds. The first-order valence-corrected chi connectivity index (χ1v) is 6.72. The summed E-state index contributed by atoms with van der Waals surface area (Å²) in [4.78, 5) is 28.2. The fraction of sp³-hybridized carbons (Fsp3) is 0.846. The van der Waals surface area contributed by atoms with Gasteiger partial charge in [0.15, 0.2) is 0 Å². The molecule has 2 heterocycles. The number of piperazine rings is 1. The molecule has 2 saturated heterocycles. The molecule has 0 radical (unpaired) electrons. The largest absolute Gasteiger partial charge is 0.342 e. The Morgan fingerprint density at radius 2 is 2.11 bits per heavy atom. The Bertz CT molecular complexity index is 348. The van der Waals surface area contributed by atoms with Crippen LogP contribution in [0.25, 0.3) is 0 Å². The number of piperidine rings is 1. The van der Waals surface area contributed by atoms with Crippen molar-refractivity contribution in [2.24, 2.45) is 5.92 Å². The minimum Gasteiger partial charge on any atom is -0.342 e. The molecule has 2 aliphatic rings. The highest BCUT2D eigenvalue weighted by Gasteiger charge is 2.44. The van der Waals surface area contributed by atoms with E-state index in [1.807, 2.05) is 13.8 Å². The average Bonchev–Trinajstić information content (AvgIpc) is 2.36. The highest BCUT2D eigenvalue weighted by Crippen LogP contribution is 2.25. The van der Waals surface area contributed by atoms with Crippen LogP contribution in [-0.2, 0) is 9.59 Å². The number of nitrogens with zero attached hydrogens (tertiary/aromatic N) is 2. The predicted octanol–water partition coefficient (Wildman–Crippen LogP) is 0.0652. The smallest absolute Gasteiger partial charge is 0.247 e. The molecule has 1 N–H and O–H groups in total. The van der Waals surface area contributed by atoms with Crippen LogP contribution in [0.3, 0.4) is 0 Å². The maximum absolute atomic E-state index is 12.5. The molecule has 18 heavy (non-hydrogen) atoms. The summed E-state index contributed by atoms with van der Waals surface area (Å²) < 4.78 is 0. The lowest BCUT2D eigenvalue weighted by Gasteiger charge is -2.46. The van der Waals surface area contributed by atoms with E-state index < -0.39 is 5.54 Å². The fourth-order valence-electron chi connectivity index (χ4n) is 2.88. The van der Waals surface area contributed by atoms with E-state index in [1.54, 1.807) is 16.8 Å². The van der Waals surface area contributed by atoms with Crippen molar-refractivity contribution in [2.75, 3.05) is 33.2 Å². The van der Waals surface area contributed by atoms with Crippen molar-refractivity contribution in [2.45, 2.75) is 32.2 Å². The van der Waals surface area contributed by atoms with Crippen molar-refractivity contribution in [3.63, 3.8) is 0 Å². The number of carbonyl (C=O) groups excluding carboxylic acids is 2. The number of hydrogen-bond acceptors (Lipinski definition) is 3. The lowest BCUT2D eigenvalue weighted by molar-refractivity contribution is -0.159. The van der Waals surface area contributed by atoms with Gasteiger partial charge in [0.05, 0.1) is 5.92 Å². The third-order valence-electron chi connectivity index (χ3n) is 4.12. The summed E-state index contributed by atoms with van der Waals surface area (Å²) in [6.45, 7) is 6.71. The lowest BCUT2D eigenvalue weighted by Crippen LogP contribution is -2.65. The summed E-state index contributed by atoms with van der Waals surface area (Å²) in [5.41, 5.74) is -0.707. The van der Waals surface area contributed by atoms with Crippen molar-refractivity contribution < 1.29 is 9.59 Å². The summed E-state index contributed by atoms with van der Waals surface area (Å²) >= 11 is 0. The van der Waals surface area contributed by atoms with Gasteiger partial charge in [-0.2, -0.15) is 0 Å². The molecule has 0 aliphatic carbocycles.